The van der Waals surface area contributed by atoms with Crippen molar-refractivity contribution in [1.82, 2.24) is 14.2 Å². The molecule has 0 aliphatic rings. The quantitative estimate of drug-likeness (QED) is 0.692. The van der Waals surface area contributed by atoms with Crippen molar-refractivity contribution in [2.75, 3.05) is 5.32 Å². The van der Waals surface area contributed by atoms with Crippen LogP contribution in [0.1, 0.15) is 24.2 Å². The van der Waals surface area contributed by atoms with E-state index in [4.69, 9.17) is 11.6 Å². The summed E-state index contributed by atoms with van der Waals surface area (Å²) in [5.41, 5.74) is 0.938. The number of hydrogen-bond acceptors (Lipinski definition) is 5. The van der Waals surface area contributed by atoms with Gasteiger partial charge in [0.2, 0.25) is 0 Å². The van der Waals surface area contributed by atoms with Crippen LogP contribution in [0, 0.1) is 0 Å². The highest BCUT2D eigenvalue weighted by Gasteiger charge is 2.18. The molecule has 0 bridgehead atoms. The first-order chi connectivity index (χ1) is 8.56. The van der Waals surface area contributed by atoms with Crippen molar-refractivity contribution in [1.29, 1.82) is 0 Å². The van der Waals surface area contributed by atoms with Crippen LogP contribution in [0.15, 0.2) is 6.07 Å². The van der Waals surface area contributed by atoms with Crippen LogP contribution in [0.25, 0.3) is 11.0 Å². The van der Waals surface area contributed by atoms with Gasteiger partial charge in [0.05, 0.1) is 0 Å². The highest BCUT2D eigenvalue weighted by atomic mass is 35.5. The van der Waals surface area contributed by atoms with Crippen LogP contribution < -0.4 is 5.32 Å². The SMILES string of the molecule is CC(C)Nc1nn(SF)c2c(C=O)cc(Cl)nc12. The molecule has 0 saturated carbocycles. The summed E-state index contributed by atoms with van der Waals surface area (Å²) in [6.07, 6.45) is 0.601. The number of anilines is 1. The number of halogens is 2. The summed E-state index contributed by atoms with van der Waals surface area (Å²) < 4.78 is 13.8. The van der Waals surface area contributed by atoms with Crippen molar-refractivity contribution in [3.63, 3.8) is 0 Å². The molecule has 2 aromatic rings. The Bertz CT molecular complexity index is 601. The Hall–Kier alpha value is -1.34. The van der Waals surface area contributed by atoms with Crippen LogP contribution in [0.3, 0.4) is 0 Å². The van der Waals surface area contributed by atoms with Gasteiger partial charge in [-0.2, -0.15) is 4.09 Å². The van der Waals surface area contributed by atoms with Gasteiger partial charge >= 0.3 is 0 Å². The second-order valence-corrected chi connectivity index (χ2v) is 4.81. The van der Waals surface area contributed by atoms with Gasteiger partial charge in [-0.1, -0.05) is 11.6 Å². The molecular formula is C10H10ClFN4OS. The third kappa shape index (κ3) is 2.28. The average Bonchev–Trinajstić information content (AvgIpc) is 2.65. The van der Waals surface area contributed by atoms with Crippen LogP contribution in [0.2, 0.25) is 5.15 Å². The van der Waals surface area contributed by atoms with Crippen molar-refractivity contribution in [3.05, 3.63) is 16.8 Å². The second-order valence-electron chi connectivity index (χ2n) is 3.94. The molecule has 2 rings (SSSR count). The van der Waals surface area contributed by atoms with E-state index < -0.39 is 0 Å². The predicted molar refractivity (Wildman–Crippen MR) is 70.8 cm³/mol. The van der Waals surface area contributed by atoms with Crippen molar-refractivity contribution in [2.45, 2.75) is 19.9 Å². The standard InChI is InChI=1S/C10H10ClFN4OS/c1-5(2)13-10-8-9(16(15-10)18-12)6(4-17)3-7(11)14-8/h3-5H,1-2H3,(H,13,15). The average molecular weight is 289 g/mol. The van der Waals surface area contributed by atoms with Crippen molar-refractivity contribution in [2.24, 2.45) is 0 Å². The molecule has 1 N–H and O–H groups in total. The summed E-state index contributed by atoms with van der Waals surface area (Å²) in [7, 11) is 0. The third-order valence-corrected chi connectivity index (χ3v) is 2.80. The van der Waals surface area contributed by atoms with E-state index in [9.17, 15) is 8.68 Å². The van der Waals surface area contributed by atoms with Gasteiger partial charge in [-0.25, -0.2) is 4.98 Å². The summed E-state index contributed by atoms with van der Waals surface area (Å²) >= 11 is 5.73. The fourth-order valence-electron chi connectivity index (χ4n) is 1.59. The predicted octanol–water partition coefficient (Wildman–Crippen LogP) is 3.10. The number of carbonyl (C=O) groups excluding carboxylic acids is 1. The number of hydrogen-bond donors (Lipinski definition) is 1. The van der Waals surface area contributed by atoms with Gasteiger partial charge in [-0.3, -0.25) is 4.79 Å². The van der Waals surface area contributed by atoms with Crippen LogP contribution in [0.5, 0.6) is 0 Å². The molecule has 8 heteroatoms. The molecule has 0 saturated heterocycles. The van der Waals surface area contributed by atoms with E-state index in [1.807, 2.05) is 13.8 Å². The van der Waals surface area contributed by atoms with Crippen LogP contribution in [-0.2, 0) is 0 Å². The molecule has 0 aromatic carbocycles. The van der Waals surface area contributed by atoms with Gasteiger partial charge in [-0.15, -0.1) is 8.98 Å². The Morgan fingerprint density at radius 1 is 1.61 bits per heavy atom. The largest absolute Gasteiger partial charge is 0.365 e. The highest BCUT2D eigenvalue weighted by molar-refractivity contribution is 7.92. The number of aromatic nitrogens is 3. The number of rotatable bonds is 4. The highest BCUT2D eigenvalue weighted by Crippen LogP contribution is 2.29. The Kier molecular flexibility index (Phi) is 3.72. The Morgan fingerprint density at radius 2 is 2.33 bits per heavy atom. The summed E-state index contributed by atoms with van der Waals surface area (Å²) in [5, 5.41) is 7.21. The first kappa shape index (κ1) is 13.1. The van der Waals surface area contributed by atoms with E-state index in [0.717, 1.165) is 4.09 Å². The fourth-order valence-corrected chi connectivity index (χ4v) is 2.17. The van der Waals surface area contributed by atoms with Crippen LogP contribution >= 0.6 is 23.9 Å². The van der Waals surface area contributed by atoms with Gasteiger partial charge in [0.25, 0.3) is 0 Å². The summed E-state index contributed by atoms with van der Waals surface area (Å²) in [5.74, 6) is 0.399. The zero-order valence-corrected chi connectivity index (χ0v) is 11.2. The van der Waals surface area contributed by atoms with Gasteiger partial charge in [0.1, 0.15) is 16.2 Å². The molecule has 0 fully saturated rings. The molecule has 96 valence electrons. The van der Waals surface area contributed by atoms with Gasteiger partial charge in [0.15, 0.2) is 24.4 Å². The van der Waals surface area contributed by atoms with Crippen LogP contribution in [0.4, 0.5) is 9.70 Å². The molecule has 2 heterocycles. The van der Waals surface area contributed by atoms with Crippen molar-refractivity contribution in [3.8, 4) is 0 Å². The molecule has 0 unspecified atom stereocenters. The molecule has 0 radical (unpaired) electrons. The smallest absolute Gasteiger partial charge is 0.188 e. The zero-order valence-electron chi connectivity index (χ0n) is 9.65. The normalized spacial score (nSPS) is 11.2. The number of pyridine rings is 1. The lowest BCUT2D eigenvalue weighted by molar-refractivity contribution is 0.112. The number of fused-ring (bicyclic) bond motifs is 1. The molecule has 0 atom stereocenters. The molecule has 5 nitrogen and oxygen atoms in total. The van der Waals surface area contributed by atoms with Gasteiger partial charge in [-0.05, 0) is 19.9 Å². The van der Waals surface area contributed by atoms with E-state index in [0.29, 0.717) is 23.1 Å². The first-order valence-corrected chi connectivity index (χ1v) is 6.22. The van der Waals surface area contributed by atoms with Crippen molar-refractivity contribution >= 4 is 47.1 Å². The minimum atomic E-state index is -0.0948. The Labute approximate surface area is 112 Å². The van der Waals surface area contributed by atoms with E-state index in [1.54, 1.807) is 0 Å². The number of nitrogens with zero attached hydrogens (tertiary/aromatic N) is 3. The van der Waals surface area contributed by atoms with Gasteiger partial charge in [0, 0.05) is 11.6 Å². The number of carbonyl (C=O) groups is 1. The second kappa shape index (κ2) is 5.11. The van der Waals surface area contributed by atoms with E-state index in [2.05, 4.69) is 15.4 Å². The molecule has 0 aliphatic heterocycles. The Balaban J connectivity index is 2.74. The van der Waals surface area contributed by atoms with E-state index in [-0.39, 0.29) is 29.1 Å². The minimum absolute atomic E-state index is 0.0948. The summed E-state index contributed by atoms with van der Waals surface area (Å²) in [6.45, 7) is 3.83. The lowest BCUT2D eigenvalue weighted by Gasteiger charge is -2.05. The molecular weight excluding hydrogens is 279 g/mol. The third-order valence-electron chi connectivity index (χ3n) is 2.22. The fraction of sp³-hybridized carbons (Fsp3) is 0.300. The Morgan fingerprint density at radius 3 is 2.89 bits per heavy atom. The van der Waals surface area contributed by atoms with Crippen molar-refractivity contribution < 1.29 is 8.68 Å². The molecule has 0 spiro atoms. The molecule has 0 aliphatic carbocycles. The summed E-state index contributed by atoms with van der Waals surface area (Å²) in [6, 6.07) is 1.48. The number of nitrogens with one attached hydrogen (secondary N) is 1. The monoisotopic (exact) mass is 288 g/mol. The molecule has 18 heavy (non-hydrogen) atoms. The lowest BCUT2D eigenvalue weighted by atomic mass is 10.2. The zero-order chi connectivity index (χ0) is 13.3. The maximum absolute atomic E-state index is 12.8. The number of aldehydes is 1. The molecule has 2 aromatic heterocycles. The van der Waals surface area contributed by atoms with Gasteiger partial charge < -0.3 is 5.32 Å². The maximum atomic E-state index is 12.8. The van der Waals surface area contributed by atoms with Crippen LogP contribution in [-0.4, -0.2) is 26.5 Å². The topological polar surface area (TPSA) is 59.8 Å². The molecule has 0 amide bonds. The minimum Gasteiger partial charge on any atom is -0.365 e. The summed E-state index contributed by atoms with van der Waals surface area (Å²) in [4.78, 5) is 15.1. The lowest BCUT2D eigenvalue weighted by Crippen LogP contribution is -2.10. The van der Waals surface area contributed by atoms with E-state index >= 15 is 0 Å². The maximum Gasteiger partial charge on any atom is 0.188 e. The first-order valence-electron chi connectivity index (χ1n) is 5.17. The van der Waals surface area contributed by atoms with E-state index in [1.165, 1.54) is 6.07 Å².